The first-order valence-corrected chi connectivity index (χ1v) is 8.55. The lowest BCUT2D eigenvalue weighted by molar-refractivity contribution is -0.149. The monoisotopic (exact) mass is 332 g/mol. The van der Waals surface area contributed by atoms with Crippen LogP contribution in [-0.4, -0.2) is 24.8 Å². The van der Waals surface area contributed by atoms with Crippen molar-refractivity contribution in [3.63, 3.8) is 0 Å². The molecule has 1 aromatic carbocycles. The highest BCUT2D eigenvalue weighted by atomic mass is 16.6. The number of hydrogen-bond donors (Lipinski definition) is 0. The van der Waals surface area contributed by atoms with Gasteiger partial charge in [0.15, 0.2) is 11.5 Å². The highest BCUT2D eigenvalue weighted by Crippen LogP contribution is 2.33. The lowest BCUT2D eigenvalue weighted by atomic mass is 10.1. The Kier molecular flexibility index (Phi) is 5.92. The minimum absolute atomic E-state index is 0.255. The number of rotatable bonds is 5. The van der Waals surface area contributed by atoms with Gasteiger partial charge in [0.25, 0.3) is 0 Å². The van der Waals surface area contributed by atoms with E-state index in [1.54, 1.807) is 14.0 Å². The molecule has 0 aliphatic heterocycles. The summed E-state index contributed by atoms with van der Waals surface area (Å²) in [5, 5.41) is 0. The number of carbonyl (C=O) groups excluding carboxylic acids is 1. The Bertz CT molecular complexity index is 605. The van der Waals surface area contributed by atoms with Crippen molar-refractivity contribution in [2.45, 2.75) is 65.1 Å². The lowest BCUT2D eigenvalue weighted by Gasteiger charge is -2.19. The molecule has 132 valence electrons. The molecule has 0 bridgehead atoms. The van der Waals surface area contributed by atoms with Crippen LogP contribution in [-0.2, 0) is 9.53 Å². The average molecular weight is 332 g/mol. The van der Waals surface area contributed by atoms with Crippen LogP contribution in [0.4, 0.5) is 0 Å². The Labute approximate surface area is 144 Å². The van der Waals surface area contributed by atoms with Crippen molar-refractivity contribution in [1.29, 1.82) is 0 Å². The third kappa shape index (κ3) is 5.29. The van der Waals surface area contributed by atoms with Gasteiger partial charge in [-0.3, -0.25) is 0 Å². The predicted octanol–water partition coefficient (Wildman–Crippen LogP) is 4.76. The maximum Gasteiger partial charge on any atom is 0.334 e. The molecule has 1 aliphatic rings. The molecule has 0 saturated heterocycles. The van der Waals surface area contributed by atoms with E-state index < -0.39 is 5.60 Å². The molecule has 1 aliphatic carbocycles. The molecule has 0 amide bonds. The van der Waals surface area contributed by atoms with E-state index in [1.807, 2.05) is 45.0 Å². The largest absolute Gasteiger partial charge is 0.493 e. The van der Waals surface area contributed by atoms with Crippen molar-refractivity contribution < 1.29 is 19.0 Å². The average Bonchev–Trinajstić information content (AvgIpc) is 2.99. The van der Waals surface area contributed by atoms with Gasteiger partial charge >= 0.3 is 5.97 Å². The highest BCUT2D eigenvalue weighted by Gasteiger charge is 2.19. The summed E-state index contributed by atoms with van der Waals surface area (Å²) in [7, 11) is 1.64. The van der Waals surface area contributed by atoms with Crippen molar-refractivity contribution in [3.8, 4) is 11.5 Å². The standard InChI is InChI=1S/C20H28O4/c1-14(19(21)24-20(2,3)4)12-15-10-11-17(22-5)18(13-15)23-16-8-6-7-9-16/h10-13,16H,6-9H2,1-5H3/b14-12+. The molecular formula is C20H28O4. The van der Waals surface area contributed by atoms with Crippen LogP contribution < -0.4 is 9.47 Å². The van der Waals surface area contributed by atoms with Crippen LogP contribution in [0.15, 0.2) is 23.8 Å². The van der Waals surface area contributed by atoms with Crippen LogP contribution in [0.25, 0.3) is 6.08 Å². The summed E-state index contributed by atoms with van der Waals surface area (Å²) in [5.41, 5.74) is 0.956. The first-order valence-electron chi connectivity index (χ1n) is 8.55. The van der Waals surface area contributed by atoms with E-state index >= 15 is 0 Å². The zero-order valence-electron chi connectivity index (χ0n) is 15.3. The Morgan fingerprint density at radius 3 is 2.42 bits per heavy atom. The second-order valence-electron chi connectivity index (χ2n) is 7.26. The molecule has 0 heterocycles. The smallest absolute Gasteiger partial charge is 0.334 e. The number of hydrogen-bond acceptors (Lipinski definition) is 4. The second-order valence-corrected chi connectivity index (χ2v) is 7.26. The molecular weight excluding hydrogens is 304 g/mol. The Morgan fingerprint density at radius 1 is 1.17 bits per heavy atom. The second kappa shape index (κ2) is 7.73. The minimum Gasteiger partial charge on any atom is -0.493 e. The van der Waals surface area contributed by atoms with Crippen molar-refractivity contribution >= 4 is 12.0 Å². The number of ether oxygens (including phenoxy) is 3. The van der Waals surface area contributed by atoms with Gasteiger partial charge in [-0.15, -0.1) is 0 Å². The summed E-state index contributed by atoms with van der Waals surface area (Å²) < 4.78 is 16.9. The van der Waals surface area contributed by atoms with Crippen molar-refractivity contribution in [3.05, 3.63) is 29.3 Å². The first kappa shape index (κ1) is 18.4. The van der Waals surface area contributed by atoms with Crippen molar-refractivity contribution in [2.75, 3.05) is 7.11 Å². The van der Waals surface area contributed by atoms with E-state index in [9.17, 15) is 4.79 Å². The molecule has 0 unspecified atom stereocenters. The Balaban J connectivity index is 2.17. The zero-order valence-corrected chi connectivity index (χ0v) is 15.3. The van der Waals surface area contributed by atoms with Crippen molar-refractivity contribution in [1.82, 2.24) is 0 Å². The third-order valence-electron chi connectivity index (χ3n) is 3.89. The molecule has 1 saturated carbocycles. The van der Waals surface area contributed by atoms with E-state index in [0.717, 1.165) is 24.2 Å². The molecule has 1 aromatic rings. The third-order valence-corrected chi connectivity index (χ3v) is 3.89. The summed E-state index contributed by atoms with van der Waals surface area (Å²) in [6, 6.07) is 5.71. The van der Waals surface area contributed by atoms with Crippen LogP contribution in [0.2, 0.25) is 0 Å². The molecule has 24 heavy (non-hydrogen) atoms. The Hall–Kier alpha value is -1.97. The van der Waals surface area contributed by atoms with Gasteiger partial charge in [0, 0.05) is 5.57 Å². The van der Waals surface area contributed by atoms with E-state index in [1.165, 1.54) is 12.8 Å². The summed E-state index contributed by atoms with van der Waals surface area (Å²) >= 11 is 0. The van der Waals surface area contributed by atoms with Gasteiger partial charge in [-0.25, -0.2) is 4.79 Å². The zero-order chi connectivity index (χ0) is 17.7. The first-order chi connectivity index (χ1) is 11.3. The van der Waals surface area contributed by atoms with Crippen LogP contribution in [0.3, 0.4) is 0 Å². The Morgan fingerprint density at radius 2 is 1.83 bits per heavy atom. The number of methoxy groups -OCH3 is 1. The molecule has 0 atom stereocenters. The molecule has 2 rings (SSSR count). The van der Waals surface area contributed by atoms with Gasteiger partial charge in [0.05, 0.1) is 13.2 Å². The topological polar surface area (TPSA) is 44.8 Å². The molecule has 1 fully saturated rings. The number of carbonyl (C=O) groups is 1. The van der Waals surface area contributed by atoms with Crippen LogP contribution in [0, 0.1) is 0 Å². The normalized spacial score (nSPS) is 16.1. The minimum atomic E-state index is -0.497. The van der Waals surface area contributed by atoms with E-state index in [2.05, 4.69) is 0 Å². The maximum atomic E-state index is 12.1. The molecule has 4 nitrogen and oxygen atoms in total. The van der Waals surface area contributed by atoms with Crippen LogP contribution in [0.5, 0.6) is 11.5 Å². The van der Waals surface area contributed by atoms with Gasteiger partial charge < -0.3 is 14.2 Å². The fraction of sp³-hybridized carbons (Fsp3) is 0.550. The van der Waals surface area contributed by atoms with E-state index in [0.29, 0.717) is 11.3 Å². The van der Waals surface area contributed by atoms with Gasteiger partial charge in [-0.2, -0.15) is 0 Å². The predicted molar refractivity (Wildman–Crippen MR) is 95.4 cm³/mol. The number of esters is 1. The summed E-state index contributed by atoms with van der Waals surface area (Å²) in [6.07, 6.45) is 6.66. The maximum absolute atomic E-state index is 12.1. The van der Waals surface area contributed by atoms with Gasteiger partial charge in [0.2, 0.25) is 0 Å². The van der Waals surface area contributed by atoms with Gasteiger partial charge in [0.1, 0.15) is 5.60 Å². The van der Waals surface area contributed by atoms with Gasteiger partial charge in [-0.05, 0) is 77.2 Å². The van der Waals surface area contributed by atoms with Crippen LogP contribution in [0.1, 0.15) is 58.9 Å². The fourth-order valence-corrected chi connectivity index (χ4v) is 2.73. The SMILES string of the molecule is COc1ccc(/C=C(\C)C(=O)OC(C)(C)C)cc1OC1CCCC1. The van der Waals surface area contributed by atoms with Crippen molar-refractivity contribution in [2.24, 2.45) is 0 Å². The quantitative estimate of drug-likeness (QED) is 0.576. The molecule has 4 heteroatoms. The van der Waals surface area contributed by atoms with Gasteiger partial charge in [-0.1, -0.05) is 6.07 Å². The molecule has 0 radical (unpaired) electrons. The molecule has 0 aromatic heterocycles. The lowest BCUT2D eigenvalue weighted by Crippen LogP contribution is -2.24. The van der Waals surface area contributed by atoms with E-state index in [-0.39, 0.29) is 12.1 Å². The van der Waals surface area contributed by atoms with E-state index in [4.69, 9.17) is 14.2 Å². The molecule has 0 N–H and O–H groups in total. The number of benzene rings is 1. The highest BCUT2D eigenvalue weighted by molar-refractivity contribution is 5.93. The molecule has 0 spiro atoms. The van der Waals surface area contributed by atoms with Crippen LogP contribution >= 0.6 is 0 Å². The summed E-state index contributed by atoms with van der Waals surface area (Å²) in [5.74, 6) is 1.14. The summed E-state index contributed by atoms with van der Waals surface area (Å²) in [6.45, 7) is 7.34. The fourth-order valence-electron chi connectivity index (χ4n) is 2.73. The summed E-state index contributed by atoms with van der Waals surface area (Å²) in [4.78, 5) is 12.1.